The van der Waals surface area contributed by atoms with Crippen molar-refractivity contribution in [2.75, 3.05) is 54.9 Å². The van der Waals surface area contributed by atoms with Gasteiger partial charge >= 0.3 is 0 Å². The number of carbonyl (C=O) groups excluding carboxylic acids is 1. The first-order chi connectivity index (χ1) is 19.5. The smallest absolute Gasteiger partial charge is 0.260 e. The second-order valence-electron chi connectivity index (χ2n) is 10.5. The van der Waals surface area contributed by atoms with Crippen molar-refractivity contribution in [3.8, 4) is 6.07 Å². The van der Waals surface area contributed by atoms with E-state index >= 15 is 0 Å². The lowest BCUT2D eigenvalue weighted by atomic mass is 9.99. The molecule has 0 atom stereocenters. The molecular formula is C28H33N7O3S2. The van der Waals surface area contributed by atoms with Crippen LogP contribution in [-0.4, -0.2) is 55.3 Å². The Balaban J connectivity index is 0.000000148. The van der Waals surface area contributed by atoms with Gasteiger partial charge in [0.2, 0.25) is 0 Å². The fourth-order valence-electron chi connectivity index (χ4n) is 6.19. The van der Waals surface area contributed by atoms with Gasteiger partial charge in [-0.3, -0.25) is 4.79 Å². The molecule has 4 aliphatic rings. The number of nitrogen functional groups attached to an aromatic ring is 1. The first kappa shape index (κ1) is 27.0. The lowest BCUT2D eigenvalue weighted by molar-refractivity contribution is 0.100. The molecule has 4 aliphatic heterocycles. The van der Waals surface area contributed by atoms with E-state index in [4.69, 9.17) is 38.1 Å². The van der Waals surface area contributed by atoms with Crippen LogP contribution in [0.15, 0.2) is 0 Å². The maximum Gasteiger partial charge on any atom is 0.260 e. The molecule has 12 heteroatoms. The topological polar surface area (TPSA) is 147 Å². The van der Waals surface area contributed by atoms with Gasteiger partial charge in [0, 0.05) is 42.7 Å². The van der Waals surface area contributed by atoms with Gasteiger partial charge in [-0.15, -0.1) is 11.3 Å². The number of hydrogen-bond donors (Lipinski definition) is 3. The lowest BCUT2D eigenvalue weighted by Crippen LogP contribution is -2.24. The van der Waals surface area contributed by atoms with Crippen molar-refractivity contribution >= 4 is 57.0 Å². The molecule has 0 aliphatic carbocycles. The highest BCUT2D eigenvalue weighted by molar-refractivity contribution is 7.71. The minimum absolute atomic E-state index is 0.412. The number of hydrogen-bond acceptors (Lipinski definition) is 10. The Morgan fingerprint density at radius 1 is 0.975 bits per heavy atom. The van der Waals surface area contributed by atoms with Gasteiger partial charge in [-0.1, -0.05) is 12.2 Å². The standard InChI is InChI=1S/C15H18N4O2S.C13H15N3OS/c16-11-10-8-3-6-21-7-9(8)14(19-4-1-2-5-19)18-15(10)22-12(11)13(17)20;14-7-10-9-3-6-17-8-11(9)12(15-13(10)18)16-4-1-2-5-16/h1-7,16H2,(H2,17,20);1-6,8H2,(H,15,18). The number of thiophene rings is 1. The van der Waals surface area contributed by atoms with E-state index in [0.29, 0.717) is 47.2 Å². The highest BCUT2D eigenvalue weighted by Crippen LogP contribution is 2.41. The lowest BCUT2D eigenvalue weighted by Gasteiger charge is -2.26. The third kappa shape index (κ3) is 4.81. The summed E-state index contributed by atoms with van der Waals surface area (Å²) in [4.78, 5) is 25.5. The van der Waals surface area contributed by atoms with Crippen molar-refractivity contribution in [2.45, 2.75) is 51.7 Å². The molecule has 0 aromatic carbocycles. The molecule has 0 radical (unpaired) electrons. The molecule has 0 unspecified atom stereocenters. The Bertz CT molecular complexity index is 1560. The molecule has 3 aromatic rings. The van der Waals surface area contributed by atoms with Crippen molar-refractivity contribution in [1.82, 2.24) is 9.97 Å². The summed E-state index contributed by atoms with van der Waals surface area (Å²) in [5.41, 5.74) is 17.3. The maximum atomic E-state index is 11.6. The average molecular weight is 580 g/mol. The number of H-pyrrole nitrogens is 1. The molecule has 7 heterocycles. The number of pyridine rings is 2. The highest BCUT2D eigenvalue weighted by Gasteiger charge is 2.28. The van der Waals surface area contributed by atoms with Crippen LogP contribution in [0.25, 0.3) is 10.2 Å². The number of anilines is 3. The zero-order valence-corrected chi connectivity index (χ0v) is 24.0. The van der Waals surface area contributed by atoms with Crippen molar-refractivity contribution < 1.29 is 14.3 Å². The van der Waals surface area contributed by atoms with Crippen LogP contribution in [0, 0.1) is 16.0 Å². The summed E-state index contributed by atoms with van der Waals surface area (Å²) in [6.45, 7) is 6.66. The molecule has 0 bridgehead atoms. The van der Waals surface area contributed by atoms with Crippen LogP contribution in [0.3, 0.4) is 0 Å². The molecule has 0 spiro atoms. The van der Waals surface area contributed by atoms with Crippen LogP contribution < -0.4 is 21.3 Å². The van der Waals surface area contributed by atoms with Crippen LogP contribution in [-0.2, 0) is 35.5 Å². The van der Waals surface area contributed by atoms with Crippen molar-refractivity contribution in [2.24, 2.45) is 5.73 Å². The molecule has 3 aromatic heterocycles. The first-order valence-electron chi connectivity index (χ1n) is 13.8. The van der Waals surface area contributed by atoms with Gasteiger partial charge in [0.25, 0.3) is 5.91 Å². The van der Waals surface area contributed by atoms with Gasteiger partial charge in [-0.2, -0.15) is 5.26 Å². The van der Waals surface area contributed by atoms with Crippen molar-refractivity contribution in [3.05, 3.63) is 37.3 Å². The Kier molecular flexibility index (Phi) is 7.63. The highest BCUT2D eigenvalue weighted by atomic mass is 32.1. The number of primary amides is 1. The third-order valence-electron chi connectivity index (χ3n) is 8.13. The molecule has 1 amide bonds. The van der Waals surface area contributed by atoms with Gasteiger partial charge < -0.3 is 35.7 Å². The fraction of sp³-hybridized carbons (Fsp3) is 0.500. The van der Waals surface area contributed by atoms with E-state index in [1.807, 2.05) is 0 Å². The monoisotopic (exact) mass is 579 g/mol. The van der Waals surface area contributed by atoms with E-state index < -0.39 is 5.91 Å². The number of fused-ring (bicyclic) bond motifs is 4. The summed E-state index contributed by atoms with van der Waals surface area (Å²) in [6, 6.07) is 2.23. The van der Waals surface area contributed by atoms with Crippen LogP contribution in [0.2, 0.25) is 0 Å². The predicted octanol–water partition coefficient (Wildman–Crippen LogP) is 3.94. The van der Waals surface area contributed by atoms with E-state index in [0.717, 1.165) is 77.6 Å². The first-order valence-corrected chi connectivity index (χ1v) is 15.1. The normalized spacial score (nSPS) is 18.2. The molecule has 7 rings (SSSR count). The van der Waals surface area contributed by atoms with E-state index in [1.54, 1.807) is 0 Å². The van der Waals surface area contributed by atoms with Gasteiger partial charge in [0.15, 0.2) is 0 Å². The van der Waals surface area contributed by atoms with Gasteiger partial charge in [-0.05, 0) is 49.7 Å². The number of rotatable bonds is 3. The van der Waals surface area contributed by atoms with E-state index in [1.165, 1.54) is 42.6 Å². The minimum atomic E-state index is -0.482. The summed E-state index contributed by atoms with van der Waals surface area (Å²) >= 11 is 6.61. The summed E-state index contributed by atoms with van der Waals surface area (Å²) in [7, 11) is 0. The van der Waals surface area contributed by atoms with Gasteiger partial charge in [0.1, 0.15) is 32.1 Å². The molecular weight excluding hydrogens is 546 g/mol. The second kappa shape index (κ2) is 11.3. The largest absolute Gasteiger partial charge is 0.397 e. The second-order valence-corrected chi connectivity index (χ2v) is 11.9. The zero-order valence-electron chi connectivity index (χ0n) is 22.4. The van der Waals surface area contributed by atoms with Gasteiger partial charge in [-0.25, -0.2) is 4.98 Å². The maximum absolute atomic E-state index is 11.6. The summed E-state index contributed by atoms with van der Waals surface area (Å²) in [5, 5.41) is 10.1. The number of nitrogens with one attached hydrogen (secondary N) is 1. The molecule has 5 N–H and O–H groups in total. The number of aromatic amines is 1. The number of nitrogens with zero attached hydrogens (tertiary/aromatic N) is 4. The van der Waals surface area contributed by atoms with Crippen molar-refractivity contribution in [3.63, 3.8) is 0 Å². The zero-order chi connectivity index (χ0) is 27.8. The predicted molar refractivity (Wildman–Crippen MR) is 159 cm³/mol. The van der Waals surface area contributed by atoms with Gasteiger partial charge in [0.05, 0.1) is 37.7 Å². The third-order valence-corrected chi connectivity index (χ3v) is 9.55. The average Bonchev–Trinajstić information content (AvgIpc) is 3.75. The van der Waals surface area contributed by atoms with E-state index in [9.17, 15) is 10.1 Å². The minimum Gasteiger partial charge on any atom is -0.397 e. The van der Waals surface area contributed by atoms with Crippen LogP contribution in [0.4, 0.5) is 17.3 Å². The van der Waals surface area contributed by atoms with Crippen molar-refractivity contribution in [1.29, 1.82) is 5.26 Å². The number of nitriles is 1. The fourth-order valence-corrected chi connectivity index (χ4v) is 7.42. The number of nitrogens with two attached hydrogens (primary N) is 2. The SMILES string of the molecule is N#Cc1c2c(c(N3CCCC3)[nH]c1=S)COCC2.NC(=O)c1sc2nc(N3CCCC3)c3c(c2c1N)CCOC3. The van der Waals surface area contributed by atoms with Crippen LogP contribution in [0.5, 0.6) is 0 Å². The summed E-state index contributed by atoms with van der Waals surface area (Å²) in [6.07, 6.45) is 6.40. The molecule has 10 nitrogen and oxygen atoms in total. The van der Waals surface area contributed by atoms with E-state index in [-0.39, 0.29) is 0 Å². The Morgan fingerprint density at radius 2 is 1.60 bits per heavy atom. The number of ether oxygens (including phenoxy) is 2. The Labute approximate surface area is 241 Å². The molecule has 2 fully saturated rings. The summed E-state index contributed by atoms with van der Waals surface area (Å²) in [5.74, 6) is 1.59. The molecule has 40 heavy (non-hydrogen) atoms. The number of aromatic nitrogens is 2. The quantitative estimate of drug-likeness (QED) is 0.393. The molecule has 0 saturated carbocycles. The number of amides is 1. The Hall–Kier alpha value is -3.24. The van der Waals surface area contributed by atoms with Crippen LogP contribution >= 0.6 is 23.6 Å². The number of carbonyl (C=O) groups is 1. The van der Waals surface area contributed by atoms with E-state index in [2.05, 4.69) is 20.9 Å². The Morgan fingerprint density at radius 3 is 2.25 bits per heavy atom. The molecule has 2 saturated heterocycles. The molecule has 210 valence electrons. The summed E-state index contributed by atoms with van der Waals surface area (Å²) < 4.78 is 11.8. The van der Waals surface area contributed by atoms with Crippen LogP contribution in [0.1, 0.15) is 63.2 Å².